The summed E-state index contributed by atoms with van der Waals surface area (Å²) < 4.78 is 0. The molecule has 2 unspecified atom stereocenters. The van der Waals surface area contributed by atoms with Crippen molar-refractivity contribution in [2.24, 2.45) is 11.8 Å². The lowest BCUT2D eigenvalue weighted by Gasteiger charge is -2.28. The Bertz CT molecular complexity index is 172. The van der Waals surface area contributed by atoms with Gasteiger partial charge in [0.25, 0.3) is 0 Å². The maximum Gasteiger partial charge on any atom is 0.0278 e. The van der Waals surface area contributed by atoms with E-state index in [2.05, 4.69) is 37.9 Å². The van der Waals surface area contributed by atoms with Crippen molar-refractivity contribution in [3.05, 3.63) is 24.8 Å². The highest BCUT2D eigenvalue weighted by molar-refractivity contribution is 5.03. The highest BCUT2D eigenvalue weighted by Gasteiger charge is 2.19. The van der Waals surface area contributed by atoms with Gasteiger partial charge in [-0.2, -0.15) is 0 Å². The summed E-state index contributed by atoms with van der Waals surface area (Å²) in [6.45, 7) is 9.19. The summed E-state index contributed by atoms with van der Waals surface area (Å²) in [6.07, 6.45) is 7.81. The van der Waals surface area contributed by atoms with Crippen LogP contribution in [0.2, 0.25) is 0 Å². The number of hydrogen-bond donors (Lipinski definition) is 1. The Kier molecular flexibility index (Phi) is 3.54. The molecule has 1 heteroatoms. The van der Waals surface area contributed by atoms with Gasteiger partial charge in [0.2, 0.25) is 0 Å². The first-order chi connectivity index (χ1) is 5.74. The quantitative estimate of drug-likeness (QED) is 0.633. The molecule has 0 heterocycles. The van der Waals surface area contributed by atoms with E-state index < -0.39 is 0 Å². The molecule has 0 fully saturated rings. The lowest BCUT2D eigenvalue weighted by Crippen LogP contribution is -2.36. The maximum absolute atomic E-state index is 3.70. The highest BCUT2D eigenvalue weighted by atomic mass is 14.9. The zero-order valence-electron chi connectivity index (χ0n) is 8.09. The Morgan fingerprint density at radius 3 is 2.83 bits per heavy atom. The van der Waals surface area contributed by atoms with Crippen molar-refractivity contribution >= 4 is 0 Å². The predicted molar refractivity (Wildman–Crippen MR) is 54.1 cm³/mol. The summed E-state index contributed by atoms with van der Waals surface area (Å²) in [5, 5.41) is 3.44. The van der Waals surface area contributed by atoms with E-state index in [1.165, 1.54) is 6.42 Å². The SMILES string of the molecule is C=CCNC1C=C[C@H](C)CC1C. The Labute approximate surface area is 75.6 Å². The van der Waals surface area contributed by atoms with Crippen LogP contribution in [0.25, 0.3) is 0 Å². The first kappa shape index (κ1) is 9.53. The first-order valence-corrected chi connectivity index (χ1v) is 4.76. The Morgan fingerprint density at radius 1 is 1.50 bits per heavy atom. The van der Waals surface area contributed by atoms with E-state index in [9.17, 15) is 0 Å². The van der Waals surface area contributed by atoms with E-state index in [0.717, 1.165) is 18.4 Å². The van der Waals surface area contributed by atoms with Crippen molar-refractivity contribution in [2.45, 2.75) is 26.3 Å². The molecular formula is C11H19N. The molecule has 1 nitrogen and oxygen atoms in total. The third-order valence-electron chi connectivity index (χ3n) is 2.50. The molecule has 1 aliphatic carbocycles. The van der Waals surface area contributed by atoms with E-state index in [1.807, 2.05) is 6.08 Å². The van der Waals surface area contributed by atoms with Crippen LogP contribution in [-0.4, -0.2) is 12.6 Å². The zero-order valence-corrected chi connectivity index (χ0v) is 8.09. The lowest BCUT2D eigenvalue weighted by molar-refractivity contribution is 0.366. The van der Waals surface area contributed by atoms with Gasteiger partial charge in [-0.1, -0.05) is 32.1 Å². The third-order valence-corrected chi connectivity index (χ3v) is 2.50. The number of rotatable bonds is 3. The molecule has 0 saturated carbocycles. The van der Waals surface area contributed by atoms with Crippen LogP contribution in [0.3, 0.4) is 0 Å². The molecule has 1 N–H and O–H groups in total. The van der Waals surface area contributed by atoms with Gasteiger partial charge in [-0.25, -0.2) is 0 Å². The van der Waals surface area contributed by atoms with Gasteiger partial charge in [0.1, 0.15) is 0 Å². The van der Waals surface area contributed by atoms with Crippen molar-refractivity contribution in [3.8, 4) is 0 Å². The minimum absolute atomic E-state index is 0.555. The molecule has 0 radical (unpaired) electrons. The van der Waals surface area contributed by atoms with Crippen molar-refractivity contribution in [1.29, 1.82) is 0 Å². The predicted octanol–water partition coefficient (Wildman–Crippen LogP) is 2.36. The number of nitrogens with one attached hydrogen (secondary N) is 1. The first-order valence-electron chi connectivity index (χ1n) is 4.76. The van der Waals surface area contributed by atoms with Gasteiger partial charge in [-0.05, 0) is 18.3 Å². The van der Waals surface area contributed by atoms with E-state index in [1.54, 1.807) is 0 Å². The topological polar surface area (TPSA) is 12.0 Å². The second-order valence-corrected chi connectivity index (χ2v) is 3.80. The van der Waals surface area contributed by atoms with E-state index >= 15 is 0 Å². The molecular weight excluding hydrogens is 146 g/mol. The molecule has 0 aromatic heterocycles. The zero-order chi connectivity index (χ0) is 8.97. The molecule has 0 aromatic rings. The van der Waals surface area contributed by atoms with Crippen molar-refractivity contribution in [3.63, 3.8) is 0 Å². The van der Waals surface area contributed by atoms with Crippen LogP contribution in [0.1, 0.15) is 20.3 Å². The van der Waals surface area contributed by atoms with E-state index in [-0.39, 0.29) is 0 Å². The molecule has 0 bridgehead atoms. The largest absolute Gasteiger partial charge is 0.307 e. The van der Waals surface area contributed by atoms with Gasteiger partial charge in [-0.15, -0.1) is 6.58 Å². The molecule has 0 spiro atoms. The molecule has 68 valence electrons. The van der Waals surface area contributed by atoms with Crippen LogP contribution in [0.4, 0.5) is 0 Å². The molecule has 1 aliphatic rings. The van der Waals surface area contributed by atoms with Gasteiger partial charge >= 0.3 is 0 Å². The Balaban J connectivity index is 2.42. The van der Waals surface area contributed by atoms with Crippen LogP contribution in [-0.2, 0) is 0 Å². The van der Waals surface area contributed by atoms with Gasteiger partial charge in [0, 0.05) is 12.6 Å². The highest BCUT2D eigenvalue weighted by Crippen LogP contribution is 2.22. The molecule has 0 amide bonds. The van der Waals surface area contributed by atoms with Gasteiger partial charge < -0.3 is 5.32 Å². The fourth-order valence-electron chi connectivity index (χ4n) is 1.80. The van der Waals surface area contributed by atoms with Crippen molar-refractivity contribution < 1.29 is 0 Å². The maximum atomic E-state index is 3.70. The second kappa shape index (κ2) is 4.46. The van der Waals surface area contributed by atoms with Gasteiger partial charge in [0.15, 0.2) is 0 Å². The fraction of sp³-hybridized carbons (Fsp3) is 0.636. The molecule has 1 rings (SSSR count). The van der Waals surface area contributed by atoms with Crippen LogP contribution in [0.15, 0.2) is 24.8 Å². The molecule has 12 heavy (non-hydrogen) atoms. The summed E-state index contributed by atoms with van der Waals surface area (Å²) in [5.74, 6) is 1.51. The fourth-order valence-corrected chi connectivity index (χ4v) is 1.80. The smallest absolute Gasteiger partial charge is 0.0278 e. The third kappa shape index (κ3) is 2.49. The van der Waals surface area contributed by atoms with Crippen LogP contribution < -0.4 is 5.32 Å². The number of allylic oxidation sites excluding steroid dienone is 1. The molecule has 0 saturated heterocycles. The normalized spacial score (nSPS) is 35.0. The summed E-state index contributed by atoms with van der Waals surface area (Å²) in [6, 6.07) is 0.555. The van der Waals surface area contributed by atoms with Gasteiger partial charge in [-0.3, -0.25) is 0 Å². The van der Waals surface area contributed by atoms with E-state index in [0.29, 0.717) is 6.04 Å². The summed E-state index contributed by atoms with van der Waals surface area (Å²) in [5.41, 5.74) is 0. The minimum atomic E-state index is 0.555. The van der Waals surface area contributed by atoms with Crippen LogP contribution in [0, 0.1) is 11.8 Å². The summed E-state index contributed by atoms with van der Waals surface area (Å²) in [4.78, 5) is 0. The van der Waals surface area contributed by atoms with Crippen molar-refractivity contribution in [2.75, 3.05) is 6.54 Å². The Hall–Kier alpha value is -0.560. The average molecular weight is 165 g/mol. The van der Waals surface area contributed by atoms with Gasteiger partial charge in [0.05, 0.1) is 0 Å². The van der Waals surface area contributed by atoms with Crippen molar-refractivity contribution in [1.82, 2.24) is 5.32 Å². The minimum Gasteiger partial charge on any atom is -0.307 e. The summed E-state index contributed by atoms with van der Waals surface area (Å²) >= 11 is 0. The van der Waals surface area contributed by atoms with Crippen LogP contribution in [0.5, 0.6) is 0 Å². The molecule has 0 aliphatic heterocycles. The van der Waals surface area contributed by atoms with Crippen LogP contribution >= 0.6 is 0 Å². The van der Waals surface area contributed by atoms with E-state index in [4.69, 9.17) is 0 Å². The standard InChI is InChI=1S/C11H19N/c1-4-7-12-11-6-5-9(2)8-10(11)3/h4-6,9-12H,1,7-8H2,2-3H3/t9-,10?,11?/m0/s1. The monoisotopic (exact) mass is 165 g/mol. The second-order valence-electron chi connectivity index (χ2n) is 3.80. The Morgan fingerprint density at radius 2 is 2.25 bits per heavy atom. The molecule has 3 atom stereocenters. The average Bonchev–Trinajstić information content (AvgIpc) is 2.03. The number of hydrogen-bond acceptors (Lipinski definition) is 1. The lowest BCUT2D eigenvalue weighted by atomic mass is 9.85. The summed E-state index contributed by atoms with van der Waals surface area (Å²) in [7, 11) is 0. The molecule has 0 aromatic carbocycles.